The molecule has 2 aromatic heterocycles. The van der Waals surface area contributed by atoms with Crippen molar-refractivity contribution in [2.24, 2.45) is 0 Å². The van der Waals surface area contributed by atoms with E-state index in [-0.39, 0.29) is 6.61 Å². The Morgan fingerprint density at radius 3 is 2.67 bits per heavy atom. The molecule has 8 heteroatoms. The topological polar surface area (TPSA) is 83.7 Å². The Labute approximate surface area is 179 Å². The van der Waals surface area contributed by atoms with Crippen molar-refractivity contribution >= 4 is 23.6 Å². The summed E-state index contributed by atoms with van der Waals surface area (Å²) in [4.78, 5) is 15.9. The lowest BCUT2D eigenvalue weighted by molar-refractivity contribution is -0.138. The van der Waals surface area contributed by atoms with Crippen LogP contribution in [0.4, 0.5) is 0 Å². The summed E-state index contributed by atoms with van der Waals surface area (Å²) in [6.07, 6.45) is 4.55. The summed E-state index contributed by atoms with van der Waals surface area (Å²) in [6, 6.07) is 8.76. The molecule has 3 rings (SSSR count). The predicted octanol–water partition coefficient (Wildman–Crippen LogP) is 4.68. The molecule has 0 saturated carbocycles. The van der Waals surface area contributed by atoms with E-state index in [4.69, 9.17) is 30.3 Å². The van der Waals surface area contributed by atoms with E-state index in [0.29, 0.717) is 23.3 Å². The van der Waals surface area contributed by atoms with Crippen LogP contribution in [-0.4, -0.2) is 23.2 Å². The van der Waals surface area contributed by atoms with Crippen LogP contribution in [0.3, 0.4) is 0 Å². The van der Waals surface area contributed by atoms with Crippen LogP contribution in [-0.2, 0) is 22.7 Å². The lowest BCUT2D eigenvalue weighted by atomic mass is 10.2. The van der Waals surface area contributed by atoms with Crippen LogP contribution in [0.1, 0.15) is 28.1 Å². The van der Waals surface area contributed by atoms with Gasteiger partial charge in [0.1, 0.15) is 24.1 Å². The molecule has 0 atom stereocenters. The monoisotopic (exact) mass is 428 g/mol. The van der Waals surface area contributed by atoms with E-state index in [1.807, 2.05) is 19.9 Å². The Kier molecular flexibility index (Phi) is 7.08. The molecule has 0 N–H and O–H groups in total. The molecule has 3 aromatic rings. The predicted molar refractivity (Wildman–Crippen MR) is 111 cm³/mol. The quantitative estimate of drug-likeness (QED) is 0.292. The number of ether oxygens (including phenoxy) is 3. The van der Waals surface area contributed by atoms with Crippen LogP contribution >= 0.6 is 11.6 Å². The van der Waals surface area contributed by atoms with Crippen molar-refractivity contribution in [1.29, 1.82) is 0 Å². The van der Waals surface area contributed by atoms with Gasteiger partial charge in [0.15, 0.2) is 11.5 Å². The highest BCUT2D eigenvalue weighted by Gasteiger charge is 2.12. The van der Waals surface area contributed by atoms with Gasteiger partial charge in [-0.3, -0.25) is 0 Å². The lowest BCUT2D eigenvalue weighted by Crippen LogP contribution is -2.01. The van der Waals surface area contributed by atoms with Gasteiger partial charge in [0, 0.05) is 17.8 Å². The van der Waals surface area contributed by atoms with Crippen molar-refractivity contribution in [3.8, 4) is 11.5 Å². The maximum absolute atomic E-state index is 11.9. The zero-order valence-electron chi connectivity index (χ0n) is 16.8. The second-order valence-corrected chi connectivity index (χ2v) is 6.82. The molecule has 1 aromatic carbocycles. The molecule has 2 heterocycles. The van der Waals surface area contributed by atoms with Crippen molar-refractivity contribution < 1.29 is 23.5 Å². The summed E-state index contributed by atoms with van der Waals surface area (Å²) in [7, 11) is 1.56. The molecule has 0 aliphatic heterocycles. The second kappa shape index (κ2) is 9.93. The number of nitrogens with zero attached hydrogens (tertiary/aromatic N) is 2. The minimum absolute atomic E-state index is 0.116. The molecule has 0 unspecified atom stereocenters. The van der Waals surface area contributed by atoms with Crippen LogP contribution in [0.2, 0.25) is 5.15 Å². The number of esters is 1. The number of hydrogen-bond acceptors (Lipinski definition) is 7. The van der Waals surface area contributed by atoms with E-state index >= 15 is 0 Å². The van der Waals surface area contributed by atoms with Gasteiger partial charge in [0.2, 0.25) is 0 Å². The smallest absolute Gasteiger partial charge is 0.331 e. The summed E-state index contributed by atoms with van der Waals surface area (Å²) in [5.74, 6) is 1.37. The molecule has 156 valence electrons. The molecule has 0 amide bonds. The number of rotatable bonds is 8. The molecular formula is C22H21ClN2O5. The first-order valence-corrected chi connectivity index (χ1v) is 9.52. The van der Waals surface area contributed by atoms with Gasteiger partial charge >= 0.3 is 5.97 Å². The number of carbonyl (C=O) groups excluding carboxylic acids is 1. The standard InChI is InChI=1S/C22H21ClN2O5/c1-14-18(15(2)30-25-14)13-28-19-7-4-16(10-20(19)27-3)6-9-22(26)29-12-17-5-8-21(23)24-11-17/h4-11H,12-13H2,1-3H3/b9-6+. The maximum atomic E-state index is 11.9. The van der Waals surface area contributed by atoms with Gasteiger partial charge in [0.05, 0.1) is 18.4 Å². The number of carbonyl (C=O) groups is 1. The van der Waals surface area contributed by atoms with E-state index in [2.05, 4.69) is 10.1 Å². The maximum Gasteiger partial charge on any atom is 0.331 e. The van der Waals surface area contributed by atoms with E-state index in [1.54, 1.807) is 43.6 Å². The number of pyridine rings is 1. The molecule has 0 aliphatic rings. The van der Waals surface area contributed by atoms with Crippen molar-refractivity contribution in [1.82, 2.24) is 10.1 Å². The Morgan fingerprint density at radius 2 is 2.00 bits per heavy atom. The Hall–Kier alpha value is -3.32. The molecule has 0 saturated heterocycles. The van der Waals surface area contributed by atoms with Gasteiger partial charge in [-0.05, 0) is 43.7 Å². The summed E-state index contributed by atoms with van der Waals surface area (Å²) in [5, 5.41) is 4.30. The number of aryl methyl sites for hydroxylation is 2. The van der Waals surface area contributed by atoms with Gasteiger partial charge in [-0.2, -0.15) is 0 Å². The molecule has 0 radical (unpaired) electrons. The van der Waals surface area contributed by atoms with Crippen molar-refractivity contribution in [2.75, 3.05) is 7.11 Å². The van der Waals surface area contributed by atoms with Crippen LogP contribution in [0.15, 0.2) is 47.1 Å². The van der Waals surface area contributed by atoms with Crippen LogP contribution < -0.4 is 9.47 Å². The first-order chi connectivity index (χ1) is 14.5. The summed E-state index contributed by atoms with van der Waals surface area (Å²) < 4.78 is 21.6. The van der Waals surface area contributed by atoms with Gasteiger partial charge in [-0.1, -0.05) is 28.9 Å². The Balaban J connectivity index is 1.59. The fourth-order valence-corrected chi connectivity index (χ4v) is 2.74. The third kappa shape index (κ3) is 5.61. The van der Waals surface area contributed by atoms with E-state index < -0.39 is 5.97 Å². The van der Waals surface area contributed by atoms with Gasteiger partial charge in [-0.15, -0.1) is 0 Å². The van der Waals surface area contributed by atoms with E-state index in [1.165, 1.54) is 6.08 Å². The van der Waals surface area contributed by atoms with Crippen molar-refractivity contribution in [3.05, 3.63) is 75.9 Å². The second-order valence-electron chi connectivity index (χ2n) is 6.43. The number of aromatic nitrogens is 2. The molecular weight excluding hydrogens is 408 g/mol. The lowest BCUT2D eigenvalue weighted by Gasteiger charge is -2.11. The largest absolute Gasteiger partial charge is 0.493 e. The first kappa shape index (κ1) is 21.4. The van der Waals surface area contributed by atoms with Crippen LogP contribution in [0.5, 0.6) is 11.5 Å². The first-order valence-electron chi connectivity index (χ1n) is 9.14. The molecule has 0 bridgehead atoms. The van der Waals surface area contributed by atoms with E-state index in [0.717, 1.165) is 28.1 Å². The summed E-state index contributed by atoms with van der Waals surface area (Å²) >= 11 is 5.73. The zero-order chi connectivity index (χ0) is 21.5. The summed E-state index contributed by atoms with van der Waals surface area (Å²) in [6.45, 7) is 4.14. The number of hydrogen-bond donors (Lipinski definition) is 0. The Bertz CT molecular complexity index is 1020. The molecule has 0 fully saturated rings. The van der Waals surface area contributed by atoms with Gasteiger partial charge in [-0.25, -0.2) is 9.78 Å². The molecule has 30 heavy (non-hydrogen) atoms. The zero-order valence-corrected chi connectivity index (χ0v) is 17.6. The highest BCUT2D eigenvalue weighted by atomic mass is 35.5. The van der Waals surface area contributed by atoms with Crippen molar-refractivity contribution in [3.63, 3.8) is 0 Å². The number of halogens is 1. The Morgan fingerprint density at radius 1 is 1.17 bits per heavy atom. The average molecular weight is 429 g/mol. The molecule has 7 nitrogen and oxygen atoms in total. The van der Waals surface area contributed by atoms with Crippen molar-refractivity contribution in [2.45, 2.75) is 27.1 Å². The minimum atomic E-state index is -0.470. The highest BCUT2D eigenvalue weighted by molar-refractivity contribution is 6.29. The van der Waals surface area contributed by atoms with Crippen LogP contribution in [0, 0.1) is 13.8 Å². The van der Waals surface area contributed by atoms with Gasteiger partial charge in [0.25, 0.3) is 0 Å². The summed E-state index contributed by atoms with van der Waals surface area (Å²) in [5.41, 5.74) is 3.21. The number of benzene rings is 1. The third-order valence-electron chi connectivity index (χ3n) is 4.32. The minimum Gasteiger partial charge on any atom is -0.493 e. The van der Waals surface area contributed by atoms with Crippen LogP contribution in [0.25, 0.3) is 6.08 Å². The average Bonchev–Trinajstić information content (AvgIpc) is 3.07. The SMILES string of the molecule is COc1cc(/C=C/C(=O)OCc2ccc(Cl)nc2)ccc1OCc1c(C)noc1C. The number of methoxy groups -OCH3 is 1. The van der Waals surface area contributed by atoms with Gasteiger partial charge < -0.3 is 18.7 Å². The molecule has 0 spiro atoms. The highest BCUT2D eigenvalue weighted by Crippen LogP contribution is 2.30. The molecule has 0 aliphatic carbocycles. The fourth-order valence-electron chi connectivity index (χ4n) is 2.62. The van der Waals surface area contributed by atoms with E-state index in [9.17, 15) is 4.79 Å². The third-order valence-corrected chi connectivity index (χ3v) is 4.55. The normalized spacial score (nSPS) is 10.9. The fraction of sp³-hybridized carbons (Fsp3) is 0.227.